The summed E-state index contributed by atoms with van der Waals surface area (Å²) in [6, 6.07) is 13.5. The number of benzene rings is 2. The maximum atomic E-state index is 13.4. The van der Waals surface area contributed by atoms with Crippen molar-refractivity contribution in [3.63, 3.8) is 0 Å². The van der Waals surface area contributed by atoms with Crippen molar-refractivity contribution < 1.29 is 23.8 Å². The number of amides is 2. The van der Waals surface area contributed by atoms with Crippen molar-refractivity contribution in [2.24, 2.45) is 5.92 Å². The molecule has 1 atom stereocenters. The first kappa shape index (κ1) is 23.9. The highest BCUT2D eigenvalue weighted by Crippen LogP contribution is 2.29. The maximum Gasteiger partial charge on any atom is 0.254 e. The summed E-state index contributed by atoms with van der Waals surface area (Å²) in [4.78, 5) is 30.4. The van der Waals surface area contributed by atoms with Gasteiger partial charge in [-0.05, 0) is 61.9 Å². The average molecular weight is 467 g/mol. The molecule has 34 heavy (non-hydrogen) atoms. The zero-order chi connectivity index (χ0) is 24.1. The molecule has 2 aliphatic rings. The van der Waals surface area contributed by atoms with Crippen molar-refractivity contribution in [3.8, 4) is 17.2 Å². The van der Waals surface area contributed by atoms with Crippen molar-refractivity contribution in [3.05, 3.63) is 53.6 Å². The van der Waals surface area contributed by atoms with Crippen LogP contribution in [0.15, 0.2) is 42.5 Å². The second kappa shape index (κ2) is 10.8. The van der Waals surface area contributed by atoms with Crippen LogP contribution in [0.3, 0.4) is 0 Å². The molecule has 0 bridgehead atoms. The molecular formula is C27H34N2O5. The van der Waals surface area contributed by atoms with Crippen LogP contribution in [-0.2, 0) is 11.2 Å². The van der Waals surface area contributed by atoms with Crippen molar-refractivity contribution in [2.45, 2.75) is 38.1 Å². The second-order valence-electron chi connectivity index (χ2n) is 9.05. The fourth-order valence-corrected chi connectivity index (χ4v) is 5.09. The Bertz CT molecular complexity index is 994. The normalized spacial score (nSPS) is 18.6. The van der Waals surface area contributed by atoms with Crippen LogP contribution in [0.2, 0.25) is 0 Å². The molecule has 0 aromatic heterocycles. The van der Waals surface area contributed by atoms with Crippen LogP contribution >= 0.6 is 0 Å². The van der Waals surface area contributed by atoms with E-state index in [1.54, 1.807) is 39.5 Å². The lowest BCUT2D eigenvalue weighted by Crippen LogP contribution is -2.46. The molecule has 2 fully saturated rings. The molecule has 0 spiro atoms. The number of ether oxygens (including phenoxy) is 3. The van der Waals surface area contributed by atoms with E-state index in [4.69, 9.17) is 14.2 Å². The van der Waals surface area contributed by atoms with E-state index in [1.807, 2.05) is 17.0 Å². The van der Waals surface area contributed by atoms with E-state index in [2.05, 4.69) is 17.0 Å². The van der Waals surface area contributed by atoms with Gasteiger partial charge in [0, 0.05) is 43.2 Å². The number of rotatable bonds is 7. The van der Waals surface area contributed by atoms with Gasteiger partial charge in [-0.2, -0.15) is 0 Å². The van der Waals surface area contributed by atoms with Crippen LogP contribution in [0, 0.1) is 5.92 Å². The first-order chi connectivity index (χ1) is 16.5. The predicted molar refractivity (Wildman–Crippen MR) is 130 cm³/mol. The molecule has 0 N–H and O–H groups in total. The Kier molecular flexibility index (Phi) is 7.60. The summed E-state index contributed by atoms with van der Waals surface area (Å²) in [7, 11) is 4.81. The number of hydrogen-bond acceptors (Lipinski definition) is 5. The molecule has 7 heteroatoms. The third-order valence-corrected chi connectivity index (χ3v) is 7.00. The molecule has 2 aromatic rings. The van der Waals surface area contributed by atoms with Gasteiger partial charge in [0.05, 0.1) is 21.3 Å². The summed E-state index contributed by atoms with van der Waals surface area (Å²) in [6.07, 6.45) is 4.29. The van der Waals surface area contributed by atoms with E-state index >= 15 is 0 Å². The highest BCUT2D eigenvalue weighted by Gasteiger charge is 2.35. The van der Waals surface area contributed by atoms with Crippen LogP contribution in [0.25, 0.3) is 0 Å². The Labute approximate surface area is 201 Å². The molecule has 7 nitrogen and oxygen atoms in total. The van der Waals surface area contributed by atoms with Gasteiger partial charge in [0.1, 0.15) is 17.2 Å². The number of carbonyl (C=O) groups is 2. The Morgan fingerprint density at radius 3 is 2.18 bits per heavy atom. The molecule has 2 amide bonds. The Morgan fingerprint density at radius 2 is 1.53 bits per heavy atom. The van der Waals surface area contributed by atoms with Crippen LogP contribution in [0.4, 0.5) is 0 Å². The summed E-state index contributed by atoms with van der Waals surface area (Å²) < 4.78 is 15.9. The van der Waals surface area contributed by atoms with Crippen molar-refractivity contribution in [2.75, 3.05) is 41.0 Å². The van der Waals surface area contributed by atoms with Crippen LogP contribution in [0.5, 0.6) is 17.2 Å². The summed E-state index contributed by atoms with van der Waals surface area (Å²) >= 11 is 0. The molecule has 2 aromatic carbocycles. The van der Waals surface area contributed by atoms with Gasteiger partial charge in [-0.25, -0.2) is 0 Å². The lowest BCUT2D eigenvalue weighted by atomic mass is 9.94. The Morgan fingerprint density at radius 1 is 0.853 bits per heavy atom. The molecular weight excluding hydrogens is 432 g/mol. The topological polar surface area (TPSA) is 68.3 Å². The number of carbonyl (C=O) groups excluding carboxylic acids is 2. The monoisotopic (exact) mass is 466 g/mol. The fraction of sp³-hybridized carbons (Fsp3) is 0.481. The average Bonchev–Trinajstić information content (AvgIpc) is 3.35. The second-order valence-corrected chi connectivity index (χ2v) is 9.05. The molecule has 182 valence electrons. The van der Waals surface area contributed by atoms with E-state index < -0.39 is 0 Å². The fourth-order valence-electron chi connectivity index (χ4n) is 5.09. The van der Waals surface area contributed by atoms with E-state index in [0.717, 1.165) is 31.6 Å². The molecule has 2 saturated heterocycles. The molecule has 4 rings (SSSR count). The molecule has 2 aliphatic heterocycles. The number of piperidine rings is 1. The standard InChI is InChI=1S/C27H34N2O5/c1-32-23-8-4-6-19(15-23)14-22-7-5-11-29(22)27(31)20-9-12-28(13-10-20)26(30)21-16-24(33-2)18-25(17-21)34-3/h4,6,8,15-18,20,22H,5,7,9-14H2,1-3H3. The number of likely N-dealkylation sites (tertiary alicyclic amines) is 2. The minimum atomic E-state index is -0.0554. The van der Waals surface area contributed by atoms with Gasteiger partial charge in [-0.1, -0.05) is 12.1 Å². The number of nitrogens with zero attached hydrogens (tertiary/aromatic N) is 2. The molecule has 0 radical (unpaired) electrons. The van der Waals surface area contributed by atoms with Crippen molar-refractivity contribution in [1.29, 1.82) is 0 Å². The lowest BCUT2D eigenvalue weighted by molar-refractivity contribution is -0.137. The highest BCUT2D eigenvalue weighted by molar-refractivity contribution is 5.95. The third-order valence-electron chi connectivity index (χ3n) is 7.00. The largest absolute Gasteiger partial charge is 0.497 e. The zero-order valence-corrected chi connectivity index (χ0v) is 20.3. The van der Waals surface area contributed by atoms with Gasteiger partial charge in [-0.3, -0.25) is 9.59 Å². The van der Waals surface area contributed by atoms with Crippen LogP contribution in [-0.4, -0.2) is 68.6 Å². The first-order valence-corrected chi connectivity index (χ1v) is 12.0. The van der Waals surface area contributed by atoms with E-state index in [1.165, 1.54) is 5.56 Å². The van der Waals surface area contributed by atoms with Crippen LogP contribution in [0.1, 0.15) is 41.6 Å². The smallest absolute Gasteiger partial charge is 0.254 e. The van der Waals surface area contributed by atoms with Gasteiger partial charge in [-0.15, -0.1) is 0 Å². The predicted octanol–water partition coefficient (Wildman–Crippen LogP) is 3.80. The van der Waals surface area contributed by atoms with E-state index in [0.29, 0.717) is 43.0 Å². The van der Waals surface area contributed by atoms with Crippen molar-refractivity contribution >= 4 is 11.8 Å². The van der Waals surface area contributed by atoms with Gasteiger partial charge in [0.15, 0.2) is 0 Å². The number of methoxy groups -OCH3 is 3. The minimum absolute atomic E-state index is 0.0326. The highest BCUT2D eigenvalue weighted by atomic mass is 16.5. The summed E-state index contributed by atoms with van der Waals surface area (Å²) in [5.74, 6) is 2.17. The molecule has 2 heterocycles. The maximum absolute atomic E-state index is 13.4. The summed E-state index contributed by atoms with van der Waals surface area (Å²) in [5, 5.41) is 0. The Hall–Kier alpha value is -3.22. The van der Waals surface area contributed by atoms with E-state index in [9.17, 15) is 9.59 Å². The molecule has 0 saturated carbocycles. The van der Waals surface area contributed by atoms with Crippen LogP contribution < -0.4 is 14.2 Å². The molecule has 1 unspecified atom stereocenters. The van der Waals surface area contributed by atoms with Gasteiger partial charge in [0.25, 0.3) is 5.91 Å². The summed E-state index contributed by atoms with van der Waals surface area (Å²) in [6.45, 7) is 1.96. The van der Waals surface area contributed by atoms with Gasteiger partial charge >= 0.3 is 0 Å². The van der Waals surface area contributed by atoms with Gasteiger partial charge in [0.2, 0.25) is 5.91 Å². The summed E-state index contributed by atoms with van der Waals surface area (Å²) in [5.41, 5.74) is 1.73. The molecule has 0 aliphatic carbocycles. The Balaban J connectivity index is 1.36. The minimum Gasteiger partial charge on any atom is -0.497 e. The zero-order valence-electron chi connectivity index (χ0n) is 20.3. The third kappa shape index (κ3) is 5.29. The van der Waals surface area contributed by atoms with E-state index in [-0.39, 0.29) is 23.8 Å². The quantitative estimate of drug-likeness (QED) is 0.621. The SMILES string of the molecule is COc1cccc(CC2CCCN2C(=O)C2CCN(C(=O)c3cc(OC)cc(OC)c3)CC2)c1. The van der Waals surface area contributed by atoms with Crippen molar-refractivity contribution in [1.82, 2.24) is 9.80 Å². The van der Waals surface area contributed by atoms with Gasteiger partial charge < -0.3 is 24.0 Å². The first-order valence-electron chi connectivity index (χ1n) is 12.0. The number of hydrogen-bond donors (Lipinski definition) is 0. The lowest BCUT2D eigenvalue weighted by Gasteiger charge is -2.35.